The molecule has 12 aromatic carbocycles. The van der Waals surface area contributed by atoms with Crippen molar-refractivity contribution in [3.8, 4) is 44.5 Å². The number of hydrogen-bond acceptors (Lipinski definition) is 2. The average Bonchev–Trinajstić information content (AvgIpc) is 3.91. The van der Waals surface area contributed by atoms with Gasteiger partial charge in [-0.15, -0.1) is 0 Å². The molecular weight excluding hydrogens is 857 g/mol. The van der Waals surface area contributed by atoms with E-state index in [-0.39, 0.29) is 0 Å². The van der Waals surface area contributed by atoms with Gasteiger partial charge in [0.2, 0.25) is 0 Å². The van der Waals surface area contributed by atoms with Crippen LogP contribution in [-0.4, -0.2) is 0 Å². The predicted octanol–water partition coefficient (Wildman–Crippen LogP) is 18.6. The molecule has 0 bridgehead atoms. The minimum absolute atomic E-state index is 0.604. The maximum atomic E-state index is 2.51. The van der Waals surface area contributed by atoms with Gasteiger partial charge in [0.1, 0.15) is 0 Å². The molecule has 1 unspecified atom stereocenters. The highest BCUT2D eigenvalue weighted by Gasteiger charge is 2.52. The van der Waals surface area contributed by atoms with Crippen molar-refractivity contribution in [2.75, 3.05) is 9.80 Å². The van der Waals surface area contributed by atoms with Crippen LogP contribution < -0.4 is 9.80 Å². The van der Waals surface area contributed by atoms with Gasteiger partial charge in [0.25, 0.3) is 0 Å². The first-order valence-corrected chi connectivity index (χ1v) is 24.6. The van der Waals surface area contributed by atoms with E-state index in [1.165, 1.54) is 82.7 Å². The van der Waals surface area contributed by atoms with Gasteiger partial charge in [-0.05, 0) is 144 Å². The summed E-state index contributed by atoms with van der Waals surface area (Å²) in [6.07, 6.45) is 0. The first-order chi connectivity index (χ1) is 35.2. The van der Waals surface area contributed by atoms with Crippen LogP contribution in [0.5, 0.6) is 0 Å². The Morgan fingerprint density at radius 1 is 0.225 bits per heavy atom. The number of para-hydroxylation sites is 2. The zero-order valence-corrected chi connectivity index (χ0v) is 39.0. The smallest absolute Gasteiger partial charge is 0.0727 e. The second-order valence-corrected chi connectivity index (χ2v) is 18.8. The van der Waals surface area contributed by atoms with Crippen LogP contribution in [0.1, 0.15) is 22.3 Å². The Morgan fingerprint density at radius 3 is 1.27 bits per heavy atom. The molecule has 0 heterocycles. The van der Waals surface area contributed by atoms with Crippen LogP contribution in [-0.2, 0) is 5.41 Å². The maximum Gasteiger partial charge on any atom is 0.0727 e. The zero-order valence-electron chi connectivity index (χ0n) is 39.0. The first kappa shape index (κ1) is 40.8. The summed E-state index contributed by atoms with van der Waals surface area (Å²) in [6, 6.07) is 103. The van der Waals surface area contributed by atoms with Crippen LogP contribution in [0, 0.1) is 0 Å². The molecule has 0 fully saturated rings. The van der Waals surface area contributed by atoms with Crippen molar-refractivity contribution in [2.45, 2.75) is 5.41 Å². The molecule has 0 N–H and O–H groups in total. The van der Waals surface area contributed by atoms with Crippen LogP contribution in [0.15, 0.2) is 279 Å². The fourth-order valence-electron chi connectivity index (χ4n) is 11.9. The summed E-state index contributed by atoms with van der Waals surface area (Å²) >= 11 is 0. The molecule has 0 saturated carbocycles. The number of hydrogen-bond donors (Lipinski definition) is 0. The lowest BCUT2D eigenvalue weighted by atomic mass is 9.70. The molecular formula is C69H46N2. The average molecular weight is 903 g/mol. The monoisotopic (exact) mass is 902 g/mol. The Kier molecular flexibility index (Phi) is 9.47. The highest BCUT2D eigenvalue weighted by molar-refractivity contribution is 6.03. The largest absolute Gasteiger partial charge is 0.310 e. The molecule has 0 amide bonds. The van der Waals surface area contributed by atoms with E-state index >= 15 is 0 Å². The summed E-state index contributed by atoms with van der Waals surface area (Å²) in [5.74, 6) is 0. The van der Waals surface area contributed by atoms with E-state index < -0.39 is 5.41 Å². The molecule has 2 heteroatoms. The SMILES string of the molecule is c1ccc(-c2ccc(-c3cc4ccccc4cc3N(c3ccccc3)c3ccc4c(c3)C3(c5ccccc5-4)c4ccccc4-c4ccc(N(c5ccccc5)c5cccc6ccccc56)cc43)cc2)cc1. The molecule has 2 nitrogen and oxygen atoms in total. The molecule has 2 aliphatic carbocycles. The number of fused-ring (bicyclic) bond motifs is 12. The van der Waals surface area contributed by atoms with Crippen molar-refractivity contribution < 1.29 is 0 Å². The fraction of sp³-hybridized carbons (Fsp3) is 0.0145. The molecule has 1 atom stereocenters. The van der Waals surface area contributed by atoms with Crippen molar-refractivity contribution in [1.82, 2.24) is 0 Å². The standard InChI is InChI=1S/C69H46N2/c1-4-19-47(20-5-1)48-35-37-50(38-36-48)62-43-51-22-10-11-23-52(51)44-68(62)71(54-27-8-3-9-28-54)56-40-42-61-59-31-15-17-33-64(59)69(66(61)46-56)63-32-16-14-30-58(63)60-41-39-55(45-65(60)69)70(53-25-6-2-7-26-53)67-34-18-24-49-21-12-13-29-57(49)67/h1-46H. The lowest BCUT2D eigenvalue weighted by Crippen LogP contribution is -2.26. The molecule has 12 aromatic rings. The van der Waals surface area contributed by atoms with Gasteiger partial charge >= 0.3 is 0 Å². The minimum atomic E-state index is -0.604. The molecule has 71 heavy (non-hydrogen) atoms. The van der Waals surface area contributed by atoms with Gasteiger partial charge in [-0.25, -0.2) is 0 Å². The van der Waals surface area contributed by atoms with Crippen LogP contribution in [0.25, 0.3) is 66.1 Å². The van der Waals surface area contributed by atoms with Crippen molar-refractivity contribution in [1.29, 1.82) is 0 Å². The van der Waals surface area contributed by atoms with Crippen molar-refractivity contribution in [3.05, 3.63) is 301 Å². The van der Waals surface area contributed by atoms with E-state index in [1.54, 1.807) is 0 Å². The van der Waals surface area contributed by atoms with E-state index in [4.69, 9.17) is 0 Å². The van der Waals surface area contributed by atoms with Gasteiger partial charge in [-0.2, -0.15) is 0 Å². The topological polar surface area (TPSA) is 6.48 Å². The van der Waals surface area contributed by atoms with Gasteiger partial charge in [-0.1, -0.05) is 212 Å². The highest BCUT2D eigenvalue weighted by atomic mass is 15.2. The third kappa shape index (κ3) is 6.42. The zero-order chi connectivity index (χ0) is 46.9. The number of benzene rings is 12. The highest BCUT2D eigenvalue weighted by Crippen LogP contribution is 2.64. The third-order valence-electron chi connectivity index (χ3n) is 15.0. The second kappa shape index (κ2) is 16.5. The van der Waals surface area contributed by atoms with E-state index in [1.807, 2.05) is 0 Å². The number of rotatable bonds is 8. The fourth-order valence-corrected chi connectivity index (χ4v) is 11.9. The molecule has 0 saturated heterocycles. The lowest BCUT2D eigenvalue weighted by molar-refractivity contribution is 0.793. The minimum Gasteiger partial charge on any atom is -0.310 e. The van der Waals surface area contributed by atoms with Crippen molar-refractivity contribution >= 4 is 55.7 Å². The van der Waals surface area contributed by atoms with Crippen LogP contribution in [0.2, 0.25) is 0 Å². The van der Waals surface area contributed by atoms with Gasteiger partial charge in [0.15, 0.2) is 0 Å². The van der Waals surface area contributed by atoms with Gasteiger partial charge < -0.3 is 9.80 Å². The third-order valence-corrected chi connectivity index (χ3v) is 15.0. The maximum absolute atomic E-state index is 2.51. The Morgan fingerprint density at radius 2 is 0.662 bits per heavy atom. The molecule has 2 aliphatic rings. The van der Waals surface area contributed by atoms with Gasteiger partial charge in [-0.3, -0.25) is 0 Å². The van der Waals surface area contributed by atoms with Crippen molar-refractivity contribution in [3.63, 3.8) is 0 Å². The summed E-state index contributed by atoms with van der Waals surface area (Å²) in [5.41, 5.74) is 21.1. The Bertz CT molecular complexity index is 3970. The molecule has 14 rings (SSSR count). The number of nitrogens with zero attached hydrogens (tertiary/aromatic N) is 2. The Hall–Kier alpha value is -9.24. The molecule has 0 radical (unpaired) electrons. The second-order valence-electron chi connectivity index (χ2n) is 18.8. The normalized spacial score (nSPS) is 14.0. The van der Waals surface area contributed by atoms with Gasteiger partial charge in [0, 0.05) is 33.7 Å². The summed E-state index contributed by atoms with van der Waals surface area (Å²) in [4.78, 5) is 4.93. The van der Waals surface area contributed by atoms with E-state index in [9.17, 15) is 0 Å². The summed E-state index contributed by atoms with van der Waals surface area (Å²) in [5, 5.41) is 4.82. The summed E-state index contributed by atoms with van der Waals surface area (Å²) < 4.78 is 0. The molecule has 1 spiro atoms. The van der Waals surface area contributed by atoms with E-state index in [0.29, 0.717) is 0 Å². The van der Waals surface area contributed by atoms with E-state index in [2.05, 4.69) is 289 Å². The Labute approximate surface area is 414 Å². The summed E-state index contributed by atoms with van der Waals surface area (Å²) in [6.45, 7) is 0. The van der Waals surface area contributed by atoms with Crippen LogP contribution >= 0.6 is 0 Å². The summed E-state index contributed by atoms with van der Waals surface area (Å²) in [7, 11) is 0. The predicted molar refractivity (Wildman–Crippen MR) is 298 cm³/mol. The lowest BCUT2D eigenvalue weighted by Gasteiger charge is -2.34. The Balaban J connectivity index is 1.01. The van der Waals surface area contributed by atoms with Crippen LogP contribution in [0.4, 0.5) is 34.1 Å². The van der Waals surface area contributed by atoms with Gasteiger partial charge in [0.05, 0.1) is 16.8 Å². The molecule has 0 aromatic heterocycles. The first-order valence-electron chi connectivity index (χ1n) is 24.6. The van der Waals surface area contributed by atoms with Crippen LogP contribution in [0.3, 0.4) is 0 Å². The van der Waals surface area contributed by atoms with Crippen molar-refractivity contribution in [2.24, 2.45) is 0 Å². The number of anilines is 6. The molecule has 332 valence electrons. The molecule has 0 aliphatic heterocycles. The quantitative estimate of drug-likeness (QED) is 0.150. The van der Waals surface area contributed by atoms with E-state index in [0.717, 1.165) is 39.7 Å².